The van der Waals surface area contributed by atoms with Gasteiger partial charge in [0, 0.05) is 30.3 Å². The van der Waals surface area contributed by atoms with Gasteiger partial charge in [-0.1, -0.05) is 121 Å². The molecule has 0 unspecified atom stereocenters. The van der Waals surface area contributed by atoms with Gasteiger partial charge in [-0.15, -0.1) is 0 Å². The molecule has 0 atom stereocenters. The molecule has 0 aliphatic rings. The van der Waals surface area contributed by atoms with Crippen LogP contribution in [0.25, 0.3) is 0 Å². The van der Waals surface area contributed by atoms with Crippen molar-refractivity contribution in [1.29, 1.82) is 0 Å². The summed E-state index contributed by atoms with van der Waals surface area (Å²) in [6.45, 7) is 2.07. The Morgan fingerprint density at radius 2 is 0.473 bits per heavy atom. The van der Waals surface area contributed by atoms with Crippen molar-refractivity contribution in [2.24, 2.45) is 0 Å². The van der Waals surface area contributed by atoms with Gasteiger partial charge in [-0.2, -0.15) is 0 Å². The summed E-state index contributed by atoms with van der Waals surface area (Å²) >= 11 is 0. The minimum absolute atomic E-state index is 0.0196. The summed E-state index contributed by atoms with van der Waals surface area (Å²) in [5, 5.41) is 10.6. The lowest BCUT2D eigenvalue weighted by atomic mass is 10.2. The smallest absolute Gasteiger partial charge is 0.127 e. The van der Waals surface area contributed by atoms with Gasteiger partial charge in [-0.25, -0.2) is 0 Å². The first-order chi connectivity index (χ1) is 27.1. The molecule has 7 nitrogen and oxygen atoms in total. The van der Waals surface area contributed by atoms with E-state index >= 15 is 0 Å². The fourth-order valence-electron chi connectivity index (χ4n) is 5.78. The average Bonchev–Trinajstić information content (AvgIpc) is 3.23. The Morgan fingerprint density at radius 3 is 0.727 bits per heavy atom. The number of aromatic hydroxyl groups is 1. The van der Waals surface area contributed by atoms with E-state index < -0.39 is 0 Å². The molecule has 55 heavy (non-hydrogen) atoms. The summed E-state index contributed by atoms with van der Waals surface area (Å²) in [5.74, 6) is 3.56. The highest BCUT2D eigenvalue weighted by atomic mass is 16.5. The van der Waals surface area contributed by atoms with E-state index in [2.05, 4.69) is 0 Å². The maximum Gasteiger partial charge on any atom is 0.127 e. The number of phenolic OH excluding ortho intramolecular Hbond substituents is 1. The van der Waals surface area contributed by atoms with Gasteiger partial charge in [0.1, 0.15) is 79.9 Å². The van der Waals surface area contributed by atoms with Crippen LogP contribution < -0.4 is 28.4 Å². The highest BCUT2D eigenvalue weighted by molar-refractivity contribution is 5.44. The van der Waals surface area contributed by atoms with Crippen LogP contribution in [0.1, 0.15) is 33.4 Å². The minimum Gasteiger partial charge on any atom is -0.508 e. The molecule has 0 saturated carbocycles. The van der Waals surface area contributed by atoms with Gasteiger partial charge in [0.25, 0.3) is 0 Å². The van der Waals surface area contributed by atoms with Crippen LogP contribution in [-0.2, 0) is 39.6 Å². The molecule has 7 aromatic rings. The van der Waals surface area contributed by atoms with Crippen LogP contribution in [0.15, 0.2) is 176 Å². The number of ether oxygens (including phenoxy) is 6. The van der Waals surface area contributed by atoms with E-state index in [0.29, 0.717) is 60.9 Å². The molecule has 0 aliphatic carbocycles. The Kier molecular flexibility index (Phi) is 12.4. The molecule has 1 N–H and O–H groups in total. The molecule has 7 rings (SSSR count). The zero-order valence-electron chi connectivity index (χ0n) is 30.4. The molecule has 0 heterocycles. The van der Waals surface area contributed by atoms with Crippen molar-refractivity contribution in [2.75, 3.05) is 0 Å². The Morgan fingerprint density at radius 1 is 0.255 bits per heavy atom. The number of phenols is 1. The van der Waals surface area contributed by atoms with Crippen LogP contribution in [0.5, 0.6) is 40.2 Å². The van der Waals surface area contributed by atoms with E-state index in [1.165, 1.54) is 0 Å². The topological polar surface area (TPSA) is 75.6 Å². The van der Waals surface area contributed by atoms with Crippen molar-refractivity contribution in [1.82, 2.24) is 0 Å². The first-order valence-electron chi connectivity index (χ1n) is 18.1. The Hall–Kier alpha value is -6.86. The molecule has 276 valence electrons. The Balaban J connectivity index is 1.03. The SMILES string of the molecule is Oc1cc(OCc2cc(OCc3ccccc3)cc(OCc3ccccc3)c2)cc(OCc2cc(OCc3ccccc3)cc(OCc3ccccc3)c2)c1. The number of hydrogen-bond donors (Lipinski definition) is 1. The van der Waals surface area contributed by atoms with Gasteiger partial charge in [0.05, 0.1) is 0 Å². The van der Waals surface area contributed by atoms with Gasteiger partial charge in [-0.05, 0) is 57.6 Å². The van der Waals surface area contributed by atoms with E-state index in [9.17, 15) is 5.11 Å². The molecule has 0 radical (unpaired) electrons. The number of rotatable bonds is 18. The van der Waals surface area contributed by atoms with E-state index in [-0.39, 0.29) is 19.0 Å². The maximum absolute atomic E-state index is 10.6. The van der Waals surface area contributed by atoms with Crippen molar-refractivity contribution in [3.05, 3.63) is 209 Å². The summed E-state index contributed by atoms with van der Waals surface area (Å²) in [6, 6.07) is 56.4. The summed E-state index contributed by atoms with van der Waals surface area (Å²) in [7, 11) is 0. The second-order valence-electron chi connectivity index (χ2n) is 13.0. The van der Waals surface area contributed by atoms with Crippen molar-refractivity contribution in [3.8, 4) is 40.2 Å². The second kappa shape index (κ2) is 18.8. The normalized spacial score (nSPS) is 10.7. The monoisotopic (exact) mass is 730 g/mol. The predicted molar refractivity (Wildman–Crippen MR) is 213 cm³/mol. The molecule has 0 fully saturated rings. The van der Waals surface area contributed by atoms with E-state index in [0.717, 1.165) is 33.4 Å². The molecular weight excluding hydrogens is 689 g/mol. The molecule has 0 amide bonds. The summed E-state index contributed by atoms with van der Waals surface area (Å²) in [6.07, 6.45) is 0. The summed E-state index contributed by atoms with van der Waals surface area (Å²) in [4.78, 5) is 0. The lowest BCUT2D eigenvalue weighted by Gasteiger charge is -2.15. The zero-order valence-corrected chi connectivity index (χ0v) is 30.4. The van der Waals surface area contributed by atoms with Crippen LogP contribution in [-0.4, -0.2) is 5.11 Å². The van der Waals surface area contributed by atoms with Gasteiger partial charge in [0.15, 0.2) is 0 Å². The van der Waals surface area contributed by atoms with Crippen molar-refractivity contribution < 1.29 is 33.5 Å². The molecule has 7 heteroatoms. The average molecular weight is 731 g/mol. The van der Waals surface area contributed by atoms with Crippen LogP contribution in [0, 0.1) is 0 Å². The second-order valence-corrected chi connectivity index (χ2v) is 13.0. The number of hydrogen-bond acceptors (Lipinski definition) is 7. The van der Waals surface area contributed by atoms with Crippen LogP contribution >= 0.6 is 0 Å². The van der Waals surface area contributed by atoms with Crippen molar-refractivity contribution in [2.45, 2.75) is 39.6 Å². The fraction of sp³-hybridized carbons (Fsp3) is 0.125. The minimum atomic E-state index is 0.0196. The van der Waals surface area contributed by atoms with Gasteiger partial charge in [-0.3, -0.25) is 0 Å². The Bertz CT molecular complexity index is 1950. The quantitative estimate of drug-likeness (QED) is 0.0942. The molecule has 0 bridgehead atoms. The molecule has 0 spiro atoms. The molecule has 0 saturated heterocycles. The largest absolute Gasteiger partial charge is 0.508 e. The van der Waals surface area contributed by atoms with E-state index in [4.69, 9.17) is 28.4 Å². The Labute approximate surface area is 321 Å². The third-order valence-electron chi connectivity index (χ3n) is 8.55. The third kappa shape index (κ3) is 11.6. The predicted octanol–water partition coefficient (Wildman–Crippen LogP) is 10.9. The van der Waals surface area contributed by atoms with Gasteiger partial charge >= 0.3 is 0 Å². The van der Waals surface area contributed by atoms with Crippen molar-refractivity contribution >= 4 is 0 Å². The van der Waals surface area contributed by atoms with E-state index in [1.807, 2.05) is 158 Å². The highest BCUT2D eigenvalue weighted by Gasteiger charge is 2.10. The first kappa shape index (κ1) is 36.5. The standard InChI is InChI=1S/C48H42O7/c49-42-25-47(54-34-40-21-43(50-30-36-13-5-1-6-14-36)27-44(22-40)51-31-37-15-7-2-8-16-37)29-48(26-42)55-35-41-23-45(52-32-38-17-9-3-10-18-38)28-46(24-41)53-33-39-19-11-4-12-20-39/h1-29,49H,30-35H2. The summed E-state index contributed by atoms with van der Waals surface area (Å²) in [5.41, 5.74) is 5.93. The molecule has 0 aliphatic heterocycles. The van der Waals surface area contributed by atoms with Crippen molar-refractivity contribution in [3.63, 3.8) is 0 Å². The van der Waals surface area contributed by atoms with Gasteiger partial charge in [0.2, 0.25) is 0 Å². The maximum atomic E-state index is 10.6. The fourth-order valence-corrected chi connectivity index (χ4v) is 5.78. The van der Waals surface area contributed by atoms with E-state index in [1.54, 1.807) is 18.2 Å². The lowest BCUT2D eigenvalue weighted by Crippen LogP contribution is -2.02. The third-order valence-corrected chi connectivity index (χ3v) is 8.55. The molecular formula is C48H42O7. The molecule has 0 aromatic heterocycles. The van der Waals surface area contributed by atoms with Crippen LogP contribution in [0.3, 0.4) is 0 Å². The van der Waals surface area contributed by atoms with Gasteiger partial charge < -0.3 is 33.5 Å². The van der Waals surface area contributed by atoms with Crippen LogP contribution in [0.2, 0.25) is 0 Å². The van der Waals surface area contributed by atoms with Crippen LogP contribution in [0.4, 0.5) is 0 Å². The molecule has 7 aromatic carbocycles. The first-order valence-corrected chi connectivity index (χ1v) is 18.1. The zero-order chi connectivity index (χ0) is 37.5. The lowest BCUT2D eigenvalue weighted by molar-refractivity contribution is 0.274. The number of benzene rings is 7. The summed E-state index contributed by atoms with van der Waals surface area (Å²) < 4.78 is 37.1. The highest BCUT2D eigenvalue weighted by Crippen LogP contribution is 2.31.